The van der Waals surface area contributed by atoms with Gasteiger partial charge in [-0.15, -0.1) is 11.3 Å². The Morgan fingerprint density at radius 3 is 2.77 bits per heavy atom. The number of nitrogens with one attached hydrogen (secondary N) is 2. The average Bonchev–Trinajstić information content (AvgIpc) is 3.01. The number of rotatable bonds is 5. The normalized spacial score (nSPS) is 13.5. The Morgan fingerprint density at radius 1 is 1.32 bits per heavy atom. The third-order valence-electron chi connectivity index (χ3n) is 3.09. The number of halogens is 2. The van der Waals surface area contributed by atoms with Gasteiger partial charge in [0.2, 0.25) is 0 Å². The minimum atomic E-state index is -1.18. The molecule has 0 aliphatic rings. The molecule has 3 N–H and O–H groups in total. The lowest BCUT2D eigenvalue weighted by Gasteiger charge is -2.22. The summed E-state index contributed by atoms with van der Waals surface area (Å²) in [6.07, 6.45) is 0. The van der Waals surface area contributed by atoms with Crippen molar-refractivity contribution in [2.24, 2.45) is 0 Å². The zero-order valence-electron chi connectivity index (χ0n) is 11.9. The van der Waals surface area contributed by atoms with Gasteiger partial charge in [-0.05, 0) is 36.6 Å². The van der Waals surface area contributed by atoms with Crippen molar-refractivity contribution in [3.63, 3.8) is 0 Å². The van der Waals surface area contributed by atoms with E-state index in [1.807, 2.05) is 5.38 Å². The van der Waals surface area contributed by atoms with Gasteiger partial charge in [0.1, 0.15) is 17.2 Å². The van der Waals surface area contributed by atoms with E-state index in [-0.39, 0.29) is 18.7 Å². The first-order valence-corrected chi connectivity index (χ1v) is 7.48. The van der Waals surface area contributed by atoms with E-state index >= 15 is 0 Å². The highest BCUT2D eigenvalue weighted by Gasteiger charge is 2.24. The molecular weight excluding hydrogens is 310 g/mol. The highest BCUT2D eigenvalue weighted by molar-refractivity contribution is 7.10. The number of hydrogen-bond donors (Lipinski definition) is 3. The van der Waals surface area contributed by atoms with Crippen molar-refractivity contribution in [3.8, 4) is 0 Å². The Kier molecular flexibility index (Phi) is 5.10. The fourth-order valence-corrected chi connectivity index (χ4v) is 2.63. The summed E-state index contributed by atoms with van der Waals surface area (Å²) in [4.78, 5) is 12.4. The van der Waals surface area contributed by atoms with Crippen molar-refractivity contribution in [2.45, 2.75) is 19.1 Å². The molecule has 2 rings (SSSR count). The zero-order valence-corrected chi connectivity index (χ0v) is 12.7. The zero-order chi connectivity index (χ0) is 16.2. The summed E-state index contributed by atoms with van der Waals surface area (Å²) < 4.78 is 26.4. The van der Waals surface area contributed by atoms with Crippen LogP contribution in [0.3, 0.4) is 0 Å². The summed E-state index contributed by atoms with van der Waals surface area (Å²) in [5.74, 6) is -1.16. The van der Waals surface area contributed by atoms with Crippen LogP contribution in [0.2, 0.25) is 0 Å². The van der Waals surface area contributed by atoms with Gasteiger partial charge in [0, 0.05) is 17.0 Å². The first-order chi connectivity index (χ1) is 10.4. The predicted molar refractivity (Wildman–Crippen MR) is 80.5 cm³/mol. The second-order valence-electron chi connectivity index (χ2n) is 5.02. The topological polar surface area (TPSA) is 61.4 Å². The molecule has 4 nitrogen and oxygen atoms in total. The first kappa shape index (κ1) is 16.4. The Bertz CT molecular complexity index is 645. The van der Waals surface area contributed by atoms with Crippen molar-refractivity contribution in [1.82, 2.24) is 10.6 Å². The summed E-state index contributed by atoms with van der Waals surface area (Å²) >= 11 is 1.38. The van der Waals surface area contributed by atoms with Gasteiger partial charge in [-0.3, -0.25) is 0 Å². The summed E-state index contributed by atoms with van der Waals surface area (Å²) in [6.45, 7) is 1.45. The second-order valence-corrected chi connectivity index (χ2v) is 5.97. The van der Waals surface area contributed by atoms with Gasteiger partial charge in [-0.1, -0.05) is 6.07 Å². The van der Waals surface area contributed by atoms with Crippen LogP contribution in [0.15, 0.2) is 35.7 Å². The highest BCUT2D eigenvalue weighted by Crippen LogP contribution is 2.24. The molecule has 1 atom stereocenters. The molecule has 0 aliphatic carbocycles. The molecule has 118 valence electrons. The molecule has 1 aromatic heterocycles. The first-order valence-electron chi connectivity index (χ1n) is 6.60. The van der Waals surface area contributed by atoms with Crippen LogP contribution in [-0.4, -0.2) is 17.7 Å². The number of urea groups is 1. The smallest absolute Gasteiger partial charge is 0.315 e. The number of thiophene rings is 1. The summed E-state index contributed by atoms with van der Waals surface area (Å²) in [7, 11) is 0. The van der Waals surface area contributed by atoms with Gasteiger partial charge < -0.3 is 15.7 Å². The van der Waals surface area contributed by atoms with Gasteiger partial charge in [-0.2, -0.15) is 0 Å². The van der Waals surface area contributed by atoms with Crippen LogP contribution in [-0.2, 0) is 12.1 Å². The molecule has 2 aromatic rings. The molecule has 2 amide bonds. The lowest BCUT2D eigenvalue weighted by molar-refractivity contribution is 0.0631. The third kappa shape index (κ3) is 4.25. The van der Waals surface area contributed by atoms with Crippen molar-refractivity contribution in [2.75, 3.05) is 6.54 Å². The van der Waals surface area contributed by atoms with Crippen LogP contribution < -0.4 is 10.6 Å². The van der Waals surface area contributed by atoms with Gasteiger partial charge in [0.15, 0.2) is 0 Å². The summed E-state index contributed by atoms with van der Waals surface area (Å²) in [5.41, 5.74) is -1.13. The minimum Gasteiger partial charge on any atom is -0.383 e. The quantitative estimate of drug-likeness (QED) is 0.791. The largest absolute Gasteiger partial charge is 0.383 e. The Hall–Kier alpha value is -1.99. The highest BCUT2D eigenvalue weighted by atomic mass is 32.1. The van der Waals surface area contributed by atoms with Crippen molar-refractivity contribution < 1.29 is 18.7 Å². The van der Waals surface area contributed by atoms with E-state index in [1.165, 1.54) is 11.3 Å². The number of hydrogen-bond acceptors (Lipinski definition) is 3. The van der Waals surface area contributed by atoms with Gasteiger partial charge in [-0.25, -0.2) is 13.6 Å². The van der Waals surface area contributed by atoms with Gasteiger partial charge in [0.05, 0.1) is 6.54 Å². The maximum absolute atomic E-state index is 13.4. The molecule has 0 spiro atoms. The van der Waals surface area contributed by atoms with Crippen LogP contribution in [0.4, 0.5) is 13.6 Å². The lowest BCUT2D eigenvalue weighted by atomic mass is 10.1. The molecule has 0 aliphatic heterocycles. The maximum atomic E-state index is 13.4. The number of carbonyl (C=O) groups is 1. The SMILES string of the molecule is CC(O)(CNC(=O)NCc1cc(F)ccc1F)c1cccs1. The molecule has 1 heterocycles. The van der Waals surface area contributed by atoms with E-state index in [2.05, 4.69) is 10.6 Å². The fourth-order valence-electron chi connectivity index (χ4n) is 1.84. The molecule has 0 bridgehead atoms. The van der Waals surface area contributed by atoms with Crippen molar-refractivity contribution >= 4 is 17.4 Å². The molecular formula is C15H16F2N2O2S. The van der Waals surface area contributed by atoms with E-state index in [0.717, 1.165) is 23.1 Å². The van der Waals surface area contributed by atoms with E-state index < -0.39 is 23.3 Å². The number of amides is 2. The molecule has 0 saturated heterocycles. The Labute approximate surface area is 130 Å². The van der Waals surface area contributed by atoms with E-state index in [1.54, 1.807) is 19.1 Å². The molecule has 0 fully saturated rings. The molecule has 7 heteroatoms. The number of carbonyl (C=O) groups excluding carboxylic acids is 1. The monoisotopic (exact) mass is 326 g/mol. The van der Waals surface area contributed by atoms with Crippen LogP contribution in [0.1, 0.15) is 17.4 Å². The van der Waals surface area contributed by atoms with Crippen LogP contribution in [0, 0.1) is 11.6 Å². The second kappa shape index (κ2) is 6.85. The molecule has 22 heavy (non-hydrogen) atoms. The van der Waals surface area contributed by atoms with Gasteiger partial charge in [0.25, 0.3) is 0 Å². The van der Waals surface area contributed by atoms with E-state index in [0.29, 0.717) is 0 Å². The average molecular weight is 326 g/mol. The molecule has 0 radical (unpaired) electrons. The fraction of sp³-hybridized carbons (Fsp3) is 0.267. The van der Waals surface area contributed by atoms with Crippen molar-refractivity contribution in [1.29, 1.82) is 0 Å². The number of benzene rings is 1. The molecule has 1 aromatic carbocycles. The Morgan fingerprint density at radius 2 is 2.09 bits per heavy atom. The van der Waals surface area contributed by atoms with Crippen molar-refractivity contribution in [3.05, 3.63) is 57.8 Å². The predicted octanol–water partition coefficient (Wildman–Crippen LogP) is 2.73. The van der Waals surface area contributed by atoms with E-state index in [4.69, 9.17) is 0 Å². The lowest BCUT2D eigenvalue weighted by Crippen LogP contribution is -2.43. The summed E-state index contributed by atoms with van der Waals surface area (Å²) in [6, 6.07) is 6.05. The summed E-state index contributed by atoms with van der Waals surface area (Å²) in [5, 5.41) is 17.0. The standard InChI is InChI=1S/C15H16F2N2O2S/c1-15(21,13-3-2-6-22-13)9-19-14(20)18-8-10-7-11(16)4-5-12(10)17/h2-7,21H,8-9H2,1H3,(H2,18,19,20). The maximum Gasteiger partial charge on any atom is 0.315 e. The molecule has 0 saturated carbocycles. The van der Waals surface area contributed by atoms with Crippen LogP contribution >= 0.6 is 11.3 Å². The Balaban J connectivity index is 1.85. The third-order valence-corrected chi connectivity index (χ3v) is 4.22. The van der Waals surface area contributed by atoms with Crippen LogP contribution in [0.25, 0.3) is 0 Å². The molecule has 1 unspecified atom stereocenters. The van der Waals surface area contributed by atoms with Crippen LogP contribution in [0.5, 0.6) is 0 Å². The minimum absolute atomic E-state index is 0.00494. The van der Waals surface area contributed by atoms with Gasteiger partial charge >= 0.3 is 6.03 Å². The number of aliphatic hydroxyl groups is 1. The van der Waals surface area contributed by atoms with E-state index in [9.17, 15) is 18.7 Å².